The lowest BCUT2D eigenvalue weighted by atomic mass is 9.94. The van der Waals surface area contributed by atoms with Crippen LogP contribution in [0, 0.1) is 0 Å². The third kappa shape index (κ3) is 3.14. The highest BCUT2D eigenvalue weighted by atomic mass is 35.5. The molecule has 0 fully saturated rings. The summed E-state index contributed by atoms with van der Waals surface area (Å²) in [5.41, 5.74) is 7.77. The SMILES string of the molecule is COC(=O)c1sc(N)cc1CC(C)c1ccccc1Cl. The Balaban J connectivity index is 2.26. The predicted molar refractivity (Wildman–Crippen MR) is 83.6 cm³/mol. The fraction of sp³-hybridized carbons (Fsp3) is 0.267. The van der Waals surface area contributed by atoms with Crippen molar-refractivity contribution in [3.8, 4) is 0 Å². The van der Waals surface area contributed by atoms with Gasteiger partial charge in [-0.15, -0.1) is 11.3 Å². The van der Waals surface area contributed by atoms with E-state index in [-0.39, 0.29) is 11.9 Å². The number of hydrogen-bond acceptors (Lipinski definition) is 4. The molecule has 0 saturated heterocycles. The first-order valence-corrected chi connectivity index (χ1v) is 7.43. The maximum atomic E-state index is 11.7. The summed E-state index contributed by atoms with van der Waals surface area (Å²) in [6.45, 7) is 2.08. The lowest BCUT2D eigenvalue weighted by molar-refractivity contribution is 0.0605. The van der Waals surface area contributed by atoms with Gasteiger partial charge >= 0.3 is 5.97 Å². The minimum absolute atomic E-state index is 0.195. The van der Waals surface area contributed by atoms with Crippen LogP contribution in [0.3, 0.4) is 0 Å². The zero-order valence-electron chi connectivity index (χ0n) is 11.4. The van der Waals surface area contributed by atoms with Gasteiger partial charge in [0.1, 0.15) is 4.88 Å². The number of benzene rings is 1. The van der Waals surface area contributed by atoms with E-state index in [1.807, 2.05) is 30.3 Å². The van der Waals surface area contributed by atoms with Gasteiger partial charge in [-0.05, 0) is 35.6 Å². The number of hydrogen-bond donors (Lipinski definition) is 1. The molecule has 0 bridgehead atoms. The Morgan fingerprint density at radius 2 is 2.15 bits per heavy atom. The van der Waals surface area contributed by atoms with E-state index < -0.39 is 0 Å². The van der Waals surface area contributed by atoms with Gasteiger partial charge in [-0.25, -0.2) is 4.79 Å². The molecule has 0 aliphatic rings. The summed E-state index contributed by atoms with van der Waals surface area (Å²) in [5, 5.41) is 1.36. The zero-order valence-corrected chi connectivity index (χ0v) is 12.9. The van der Waals surface area contributed by atoms with E-state index in [0.717, 1.165) is 16.1 Å². The molecule has 0 aliphatic carbocycles. The number of methoxy groups -OCH3 is 1. The molecular formula is C15H16ClNO2S. The molecule has 1 aromatic heterocycles. The number of ether oxygens (including phenoxy) is 1. The summed E-state index contributed by atoms with van der Waals surface area (Å²) in [7, 11) is 1.37. The number of carbonyl (C=O) groups excluding carboxylic acids is 1. The van der Waals surface area contributed by atoms with E-state index in [0.29, 0.717) is 16.3 Å². The number of nitrogen functional groups attached to an aromatic ring is 1. The highest BCUT2D eigenvalue weighted by Crippen LogP contribution is 2.32. The monoisotopic (exact) mass is 309 g/mol. The van der Waals surface area contributed by atoms with Crippen LogP contribution in [0.2, 0.25) is 5.02 Å². The van der Waals surface area contributed by atoms with E-state index in [2.05, 4.69) is 6.92 Å². The number of rotatable bonds is 4. The first-order chi connectivity index (χ1) is 9.52. The van der Waals surface area contributed by atoms with Gasteiger partial charge < -0.3 is 10.5 Å². The van der Waals surface area contributed by atoms with Crippen molar-refractivity contribution >= 4 is 33.9 Å². The molecule has 0 radical (unpaired) electrons. The van der Waals surface area contributed by atoms with Gasteiger partial charge in [0.15, 0.2) is 0 Å². The molecule has 2 N–H and O–H groups in total. The standard InChI is InChI=1S/C15H16ClNO2S/c1-9(11-5-3-4-6-12(11)16)7-10-8-13(17)20-14(10)15(18)19-2/h3-6,8-9H,7,17H2,1-2H3. The highest BCUT2D eigenvalue weighted by molar-refractivity contribution is 7.17. The van der Waals surface area contributed by atoms with E-state index in [1.54, 1.807) is 0 Å². The third-order valence-electron chi connectivity index (χ3n) is 3.16. The number of thiophene rings is 1. The van der Waals surface area contributed by atoms with Crippen molar-refractivity contribution in [2.45, 2.75) is 19.3 Å². The number of anilines is 1. The Bertz CT molecular complexity index is 624. The van der Waals surface area contributed by atoms with Gasteiger partial charge in [0.25, 0.3) is 0 Å². The van der Waals surface area contributed by atoms with Gasteiger partial charge in [-0.1, -0.05) is 36.7 Å². The lowest BCUT2D eigenvalue weighted by Gasteiger charge is -2.13. The molecule has 1 unspecified atom stereocenters. The van der Waals surface area contributed by atoms with Crippen LogP contribution < -0.4 is 5.73 Å². The number of esters is 1. The Labute approximate surface area is 127 Å². The van der Waals surface area contributed by atoms with E-state index in [4.69, 9.17) is 22.1 Å². The second-order valence-electron chi connectivity index (χ2n) is 4.62. The van der Waals surface area contributed by atoms with Crippen molar-refractivity contribution in [3.05, 3.63) is 51.4 Å². The first-order valence-electron chi connectivity index (χ1n) is 6.23. The molecule has 5 heteroatoms. The van der Waals surface area contributed by atoms with Crippen LogP contribution in [0.4, 0.5) is 5.00 Å². The van der Waals surface area contributed by atoms with Crippen LogP contribution in [0.15, 0.2) is 30.3 Å². The third-order valence-corrected chi connectivity index (χ3v) is 4.49. The molecule has 106 valence electrons. The van der Waals surface area contributed by atoms with Crippen LogP contribution in [-0.4, -0.2) is 13.1 Å². The highest BCUT2D eigenvalue weighted by Gasteiger charge is 2.19. The molecule has 0 saturated carbocycles. The Morgan fingerprint density at radius 3 is 2.80 bits per heavy atom. The second kappa shape index (κ2) is 6.29. The molecule has 3 nitrogen and oxygen atoms in total. The van der Waals surface area contributed by atoms with E-state index in [9.17, 15) is 4.79 Å². The topological polar surface area (TPSA) is 52.3 Å². The van der Waals surface area contributed by atoms with Crippen molar-refractivity contribution in [2.24, 2.45) is 0 Å². The van der Waals surface area contributed by atoms with Crippen LogP contribution >= 0.6 is 22.9 Å². The summed E-state index contributed by atoms with van der Waals surface area (Å²) >= 11 is 7.47. The van der Waals surface area contributed by atoms with Crippen molar-refractivity contribution in [1.82, 2.24) is 0 Å². The largest absolute Gasteiger partial charge is 0.465 e. The summed E-state index contributed by atoms with van der Waals surface area (Å²) in [6.07, 6.45) is 0.696. The predicted octanol–water partition coefficient (Wildman–Crippen LogP) is 4.12. The average Bonchev–Trinajstić information content (AvgIpc) is 2.79. The van der Waals surface area contributed by atoms with Crippen LogP contribution in [-0.2, 0) is 11.2 Å². The molecule has 0 spiro atoms. The quantitative estimate of drug-likeness (QED) is 0.864. The van der Waals surface area contributed by atoms with Crippen molar-refractivity contribution in [3.63, 3.8) is 0 Å². The van der Waals surface area contributed by atoms with Crippen LogP contribution in [0.25, 0.3) is 0 Å². The van der Waals surface area contributed by atoms with Gasteiger partial charge in [0.05, 0.1) is 12.1 Å². The Hall–Kier alpha value is -1.52. The molecular weight excluding hydrogens is 294 g/mol. The Morgan fingerprint density at radius 1 is 1.45 bits per heavy atom. The molecule has 1 atom stereocenters. The van der Waals surface area contributed by atoms with Crippen LogP contribution in [0.1, 0.15) is 33.6 Å². The minimum atomic E-state index is -0.340. The molecule has 0 amide bonds. The van der Waals surface area contributed by atoms with E-state index >= 15 is 0 Å². The van der Waals surface area contributed by atoms with Gasteiger partial charge in [0, 0.05) is 5.02 Å². The fourth-order valence-electron chi connectivity index (χ4n) is 2.18. The maximum Gasteiger partial charge on any atom is 0.348 e. The summed E-state index contributed by atoms with van der Waals surface area (Å²) < 4.78 is 4.79. The zero-order chi connectivity index (χ0) is 14.7. The summed E-state index contributed by atoms with van der Waals surface area (Å²) in [6, 6.07) is 9.57. The van der Waals surface area contributed by atoms with Crippen molar-refractivity contribution in [2.75, 3.05) is 12.8 Å². The molecule has 1 heterocycles. The van der Waals surface area contributed by atoms with Gasteiger partial charge in [-0.2, -0.15) is 0 Å². The maximum absolute atomic E-state index is 11.7. The average molecular weight is 310 g/mol. The molecule has 1 aromatic carbocycles. The molecule has 2 aromatic rings. The lowest BCUT2D eigenvalue weighted by Crippen LogP contribution is -2.05. The fourth-order valence-corrected chi connectivity index (χ4v) is 3.38. The number of carbonyl (C=O) groups is 1. The molecule has 2 rings (SSSR count). The molecule has 20 heavy (non-hydrogen) atoms. The summed E-state index contributed by atoms with van der Waals surface area (Å²) in [5.74, 6) is -0.144. The molecule has 0 aliphatic heterocycles. The van der Waals surface area contributed by atoms with Crippen molar-refractivity contribution < 1.29 is 9.53 Å². The number of nitrogens with two attached hydrogens (primary N) is 1. The van der Waals surface area contributed by atoms with Crippen LogP contribution in [0.5, 0.6) is 0 Å². The van der Waals surface area contributed by atoms with E-state index in [1.165, 1.54) is 18.4 Å². The normalized spacial score (nSPS) is 12.2. The van der Waals surface area contributed by atoms with Crippen molar-refractivity contribution in [1.29, 1.82) is 0 Å². The van der Waals surface area contributed by atoms with Gasteiger partial charge in [-0.3, -0.25) is 0 Å². The number of halogens is 1. The minimum Gasteiger partial charge on any atom is -0.465 e. The Kier molecular flexibility index (Phi) is 4.68. The first kappa shape index (κ1) is 14.9. The summed E-state index contributed by atoms with van der Waals surface area (Å²) in [4.78, 5) is 12.3. The van der Waals surface area contributed by atoms with Gasteiger partial charge in [0.2, 0.25) is 0 Å². The second-order valence-corrected chi connectivity index (χ2v) is 6.11. The smallest absolute Gasteiger partial charge is 0.348 e.